The summed E-state index contributed by atoms with van der Waals surface area (Å²) >= 11 is 0. The van der Waals surface area contributed by atoms with Crippen LogP contribution in [0.15, 0.2) is 5.16 Å². The first-order chi connectivity index (χ1) is 6.70. The zero-order valence-electron chi connectivity index (χ0n) is 9.37. The van der Waals surface area contributed by atoms with Crippen LogP contribution in [0.4, 0.5) is 0 Å². The fraction of sp³-hybridized carbons (Fsp3) is 0.900. The third-order valence-electron chi connectivity index (χ3n) is 2.24. The molecule has 0 aliphatic rings. The molecular formula is C10H23N3O. The van der Waals surface area contributed by atoms with E-state index in [1.54, 1.807) is 0 Å². The average molecular weight is 201 g/mol. The summed E-state index contributed by atoms with van der Waals surface area (Å²) in [7, 11) is 2.11. The van der Waals surface area contributed by atoms with Crippen molar-refractivity contribution in [1.82, 2.24) is 4.90 Å². The molecule has 0 aromatic rings. The molecule has 0 aliphatic heterocycles. The van der Waals surface area contributed by atoms with E-state index in [9.17, 15) is 0 Å². The molecule has 0 radical (unpaired) electrons. The molecule has 0 saturated heterocycles. The van der Waals surface area contributed by atoms with Crippen molar-refractivity contribution in [2.75, 3.05) is 20.1 Å². The van der Waals surface area contributed by atoms with Crippen LogP contribution in [0.3, 0.4) is 0 Å². The molecule has 0 heterocycles. The van der Waals surface area contributed by atoms with E-state index in [0.29, 0.717) is 12.3 Å². The van der Waals surface area contributed by atoms with Crippen LogP contribution in [0.25, 0.3) is 0 Å². The van der Waals surface area contributed by atoms with Crippen molar-refractivity contribution in [2.24, 2.45) is 10.9 Å². The molecule has 4 nitrogen and oxygen atoms in total. The van der Waals surface area contributed by atoms with Gasteiger partial charge in [-0.3, -0.25) is 0 Å². The topological polar surface area (TPSA) is 61.8 Å². The number of rotatable bonds is 8. The monoisotopic (exact) mass is 201 g/mol. The Kier molecular flexibility index (Phi) is 8.33. The lowest BCUT2D eigenvalue weighted by atomic mass is 10.2. The molecule has 0 fully saturated rings. The number of amidine groups is 1. The second-order valence-electron chi connectivity index (χ2n) is 3.71. The minimum atomic E-state index is 0.326. The summed E-state index contributed by atoms with van der Waals surface area (Å²) in [6.45, 7) is 4.36. The van der Waals surface area contributed by atoms with Gasteiger partial charge in [0.25, 0.3) is 0 Å². The molecule has 0 unspecified atom stereocenters. The van der Waals surface area contributed by atoms with Gasteiger partial charge < -0.3 is 15.8 Å². The summed E-state index contributed by atoms with van der Waals surface area (Å²) in [6, 6.07) is 0. The van der Waals surface area contributed by atoms with E-state index >= 15 is 0 Å². The van der Waals surface area contributed by atoms with E-state index in [1.807, 2.05) is 0 Å². The van der Waals surface area contributed by atoms with Gasteiger partial charge in [-0.1, -0.05) is 24.9 Å². The largest absolute Gasteiger partial charge is 0.409 e. The summed E-state index contributed by atoms with van der Waals surface area (Å²) in [5.41, 5.74) is 5.36. The van der Waals surface area contributed by atoms with Crippen molar-refractivity contribution in [3.05, 3.63) is 0 Å². The van der Waals surface area contributed by atoms with Crippen LogP contribution < -0.4 is 5.73 Å². The predicted molar refractivity (Wildman–Crippen MR) is 59.7 cm³/mol. The summed E-state index contributed by atoms with van der Waals surface area (Å²) < 4.78 is 0. The van der Waals surface area contributed by atoms with Crippen molar-refractivity contribution in [3.8, 4) is 0 Å². The molecule has 4 heteroatoms. The first-order valence-corrected chi connectivity index (χ1v) is 5.35. The number of hydrogen-bond acceptors (Lipinski definition) is 3. The summed E-state index contributed by atoms with van der Waals surface area (Å²) in [4.78, 5) is 2.29. The summed E-state index contributed by atoms with van der Waals surface area (Å²) in [5.74, 6) is 0.326. The molecule has 0 rings (SSSR count). The van der Waals surface area contributed by atoms with Crippen LogP contribution in [0.2, 0.25) is 0 Å². The maximum absolute atomic E-state index is 8.32. The van der Waals surface area contributed by atoms with Crippen LogP contribution in [-0.2, 0) is 0 Å². The Balaban J connectivity index is 3.30. The number of unbranched alkanes of at least 4 members (excludes halogenated alkanes) is 2. The van der Waals surface area contributed by atoms with Crippen LogP contribution >= 0.6 is 0 Å². The number of hydrogen-bond donors (Lipinski definition) is 2. The molecule has 14 heavy (non-hydrogen) atoms. The third kappa shape index (κ3) is 7.86. The maximum Gasteiger partial charge on any atom is 0.139 e. The third-order valence-corrected chi connectivity index (χ3v) is 2.24. The van der Waals surface area contributed by atoms with Gasteiger partial charge in [0.15, 0.2) is 0 Å². The van der Waals surface area contributed by atoms with Crippen molar-refractivity contribution in [1.29, 1.82) is 0 Å². The molecule has 0 amide bonds. The highest BCUT2D eigenvalue weighted by atomic mass is 16.4. The van der Waals surface area contributed by atoms with Gasteiger partial charge in [-0.25, -0.2) is 0 Å². The Morgan fingerprint density at radius 2 is 1.93 bits per heavy atom. The lowest BCUT2D eigenvalue weighted by Gasteiger charge is -2.15. The standard InChI is InChI=1S/C10H23N3O/c1-3-4-5-8-13(2)9-6-7-10(11)12-14/h14H,3-9H2,1-2H3,(H2,11,12). The highest BCUT2D eigenvalue weighted by Crippen LogP contribution is 1.98. The molecule has 0 aliphatic carbocycles. The van der Waals surface area contributed by atoms with Gasteiger partial charge >= 0.3 is 0 Å². The average Bonchev–Trinajstić information content (AvgIpc) is 2.18. The molecule has 0 spiro atoms. The molecule has 0 atom stereocenters. The van der Waals surface area contributed by atoms with Gasteiger partial charge in [0.2, 0.25) is 0 Å². The smallest absolute Gasteiger partial charge is 0.139 e. The minimum Gasteiger partial charge on any atom is -0.409 e. The zero-order valence-corrected chi connectivity index (χ0v) is 9.37. The number of nitrogens with two attached hydrogens (primary N) is 1. The first kappa shape index (κ1) is 13.2. The number of nitrogens with zero attached hydrogens (tertiary/aromatic N) is 2. The lowest BCUT2D eigenvalue weighted by molar-refractivity contribution is 0.311. The Morgan fingerprint density at radius 3 is 2.50 bits per heavy atom. The van der Waals surface area contributed by atoms with E-state index in [-0.39, 0.29) is 0 Å². The molecule has 0 aromatic carbocycles. The maximum atomic E-state index is 8.32. The molecule has 3 N–H and O–H groups in total. The fourth-order valence-corrected chi connectivity index (χ4v) is 1.32. The van der Waals surface area contributed by atoms with Crippen molar-refractivity contribution in [3.63, 3.8) is 0 Å². The normalized spacial score (nSPS) is 12.4. The van der Waals surface area contributed by atoms with Crippen LogP contribution in [0, 0.1) is 0 Å². The zero-order chi connectivity index (χ0) is 10.8. The van der Waals surface area contributed by atoms with Crippen molar-refractivity contribution >= 4 is 5.84 Å². The Hall–Kier alpha value is -0.770. The molecule has 0 bridgehead atoms. The predicted octanol–water partition coefficient (Wildman–Crippen LogP) is 1.63. The van der Waals surface area contributed by atoms with Gasteiger partial charge in [0.05, 0.1) is 0 Å². The Morgan fingerprint density at radius 1 is 1.29 bits per heavy atom. The van der Waals surface area contributed by atoms with Crippen molar-refractivity contribution in [2.45, 2.75) is 39.0 Å². The Bertz CT molecular complexity index is 159. The van der Waals surface area contributed by atoms with Gasteiger partial charge in [-0.15, -0.1) is 0 Å². The van der Waals surface area contributed by atoms with Crippen LogP contribution in [0.5, 0.6) is 0 Å². The quantitative estimate of drug-likeness (QED) is 0.206. The van der Waals surface area contributed by atoms with E-state index in [1.165, 1.54) is 19.3 Å². The molecule has 0 aromatic heterocycles. The van der Waals surface area contributed by atoms with Gasteiger partial charge in [-0.05, 0) is 33.0 Å². The Labute approximate surface area is 86.8 Å². The van der Waals surface area contributed by atoms with E-state index in [0.717, 1.165) is 19.5 Å². The van der Waals surface area contributed by atoms with Gasteiger partial charge in [-0.2, -0.15) is 0 Å². The molecular weight excluding hydrogens is 178 g/mol. The second kappa shape index (κ2) is 8.81. The van der Waals surface area contributed by atoms with Gasteiger partial charge in [0, 0.05) is 6.42 Å². The fourth-order valence-electron chi connectivity index (χ4n) is 1.32. The molecule has 0 saturated carbocycles. The SMILES string of the molecule is CCCCCN(C)CCC/C(N)=N/O. The van der Waals surface area contributed by atoms with Gasteiger partial charge in [0.1, 0.15) is 5.84 Å². The molecule has 84 valence electrons. The highest BCUT2D eigenvalue weighted by Gasteiger charge is 1.99. The summed E-state index contributed by atoms with van der Waals surface area (Å²) in [6.07, 6.45) is 5.45. The number of oxime groups is 1. The lowest BCUT2D eigenvalue weighted by Crippen LogP contribution is -2.22. The van der Waals surface area contributed by atoms with E-state index in [4.69, 9.17) is 10.9 Å². The minimum absolute atomic E-state index is 0.326. The van der Waals surface area contributed by atoms with Crippen LogP contribution in [-0.4, -0.2) is 36.1 Å². The van der Waals surface area contributed by atoms with E-state index in [2.05, 4.69) is 24.0 Å². The highest BCUT2D eigenvalue weighted by molar-refractivity contribution is 5.79. The second-order valence-corrected chi connectivity index (χ2v) is 3.71. The van der Waals surface area contributed by atoms with Crippen LogP contribution in [0.1, 0.15) is 39.0 Å². The summed E-state index contributed by atoms with van der Waals surface area (Å²) in [5, 5.41) is 11.3. The van der Waals surface area contributed by atoms with E-state index < -0.39 is 0 Å². The first-order valence-electron chi connectivity index (χ1n) is 5.35. The van der Waals surface area contributed by atoms with Crippen molar-refractivity contribution < 1.29 is 5.21 Å².